The van der Waals surface area contributed by atoms with Gasteiger partial charge in [0.05, 0.1) is 12.3 Å². The summed E-state index contributed by atoms with van der Waals surface area (Å²) in [5, 5.41) is 5.20. The van der Waals surface area contributed by atoms with Crippen molar-refractivity contribution in [2.75, 3.05) is 12.3 Å². The van der Waals surface area contributed by atoms with Gasteiger partial charge in [-0.3, -0.25) is 9.59 Å². The second kappa shape index (κ2) is 7.78. The molecule has 0 bridgehead atoms. The van der Waals surface area contributed by atoms with Crippen LogP contribution in [-0.4, -0.2) is 30.2 Å². The topological polar surface area (TPSA) is 58.2 Å². The van der Waals surface area contributed by atoms with Gasteiger partial charge >= 0.3 is 0 Å². The molecule has 0 spiro atoms. The van der Waals surface area contributed by atoms with Gasteiger partial charge in [-0.1, -0.05) is 0 Å². The second-order valence-electron chi connectivity index (χ2n) is 4.24. The Morgan fingerprint density at radius 3 is 2.42 bits per heavy atom. The zero-order valence-electron chi connectivity index (χ0n) is 10.9. The number of nitrogens with one attached hydrogen (secondary N) is 2. The van der Waals surface area contributed by atoms with Crippen molar-refractivity contribution in [1.29, 1.82) is 0 Å². The monoisotopic (exact) mass is 284 g/mol. The van der Waals surface area contributed by atoms with Crippen LogP contribution in [0.15, 0.2) is 29.2 Å². The predicted octanol–water partition coefficient (Wildman–Crippen LogP) is 1.56. The van der Waals surface area contributed by atoms with Crippen LogP contribution in [0.25, 0.3) is 0 Å². The van der Waals surface area contributed by atoms with Crippen molar-refractivity contribution >= 4 is 23.6 Å². The fraction of sp³-hybridized carbons (Fsp3) is 0.385. The van der Waals surface area contributed by atoms with Crippen LogP contribution < -0.4 is 10.6 Å². The first-order chi connectivity index (χ1) is 8.97. The van der Waals surface area contributed by atoms with Crippen LogP contribution in [0.3, 0.4) is 0 Å². The van der Waals surface area contributed by atoms with E-state index < -0.39 is 0 Å². The Kier molecular flexibility index (Phi) is 6.35. The minimum absolute atomic E-state index is 0.0268. The van der Waals surface area contributed by atoms with E-state index in [9.17, 15) is 14.0 Å². The normalized spacial score (nSPS) is 10.3. The highest BCUT2D eigenvalue weighted by Crippen LogP contribution is 2.17. The standard InChI is InChI=1S/C13H17FN2O2S/c1-9(2)16-12(17)7-15-13(18)8-19-11-5-3-10(14)4-6-11/h3-6,9H,7-8H2,1-2H3,(H,15,18)(H,16,17). The van der Waals surface area contributed by atoms with Crippen LogP contribution >= 0.6 is 11.8 Å². The third kappa shape index (κ3) is 6.81. The van der Waals surface area contributed by atoms with E-state index in [0.717, 1.165) is 4.90 Å². The summed E-state index contributed by atoms with van der Waals surface area (Å²) in [6.45, 7) is 3.68. The molecule has 0 aliphatic heterocycles. The van der Waals surface area contributed by atoms with Gasteiger partial charge in [-0.15, -0.1) is 11.8 Å². The molecule has 0 atom stereocenters. The first-order valence-electron chi connectivity index (χ1n) is 5.92. The molecular weight excluding hydrogens is 267 g/mol. The van der Waals surface area contributed by atoms with Crippen LogP contribution in [-0.2, 0) is 9.59 Å². The number of benzene rings is 1. The molecule has 0 saturated heterocycles. The Morgan fingerprint density at radius 1 is 1.21 bits per heavy atom. The summed E-state index contributed by atoms with van der Waals surface area (Å²) in [6.07, 6.45) is 0. The highest BCUT2D eigenvalue weighted by molar-refractivity contribution is 8.00. The van der Waals surface area contributed by atoms with Crippen molar-refractivity contribution in [3.63, 3.8) is 0 Å². The average molecular weight is 284 g/mol. The fourth-order valence-electron chi connectivity index (χ4n) is 1.28. The van der Waals surface area contributed by atoms with Gasteiger partial charge in [0, 0.05) is 10.9 Å². The van der Waals surface area contributed by atoms with Crippen LogP contribution in [0, 0.1) is 5.82 Å². The van der Waals surface area contributed by atoms with E-state index in [1.54, 1.807) is 12.1 Å². The van der Waals surface area contributed by atoms with Crippen LogP contribution in [0.1, 0.15) is 13.8 Å². The number of amides is 2. The maximum absolute atomic E-state index is 12.7. The number of rotatable bonds is 6. The third-order valence-electron chi connectivity index (χ3n) is 2.08. The minimum atomic E-state index is -0.306. The Bertz CT molecular complexity index is 435. The van der Waals surface area contributed by atoms with Gasteiger partial charge in [0.2, 0.25) is 11.8 Å². The summed E-state index contributed by atoms with van der Waals surface area (Å²) < 4.78 is 12.7. The van der Waals surface area contributed by atoms with Gasteiger partial charge in [0.25, 0.3) is 0 Å². The van der Waals surface area contributed by atoms with E-state index in [4.69, 9.17) is 0 Å². The average Bonchev–Trinajstić information content (AvgIpc) is 2.35. The molecule has 0 heterocycles. The van der Waals surface area contributed by atoms with Gasteiger partial charge in [-0.05, 0) is 38.1 Å². The minimum Gasteiger partial charge on any atom is -0.352 e. The fourth-order valence-corrected chi connectivity index (χ4v) is 2.01. The molecule has 1 aromatic rings. The van der Waals surface area contributed by atoms with Crippen molar-refractivity contribution in [2.24, 2.45) is 0 Å². The number of hydrogen-bond acceptors (Lipinski definition) is 3. The lowest BCUT2D eigenvalue weighted by molar-refractivity contribution is -0.125. The molecule has 2 amide bonds. The van der Waals surface area contributed by atoms with Crippen LogP contribution in [0.2, 0.25) is 0 Å². The first kappa shape index (κ1) is 15.5. The Morgan fingerprint density at radius 2 is 1.84 bits per heavy atom. The summed E-state index contributed by atoms with van der Waals surface area (Å²) in [6, 6.07) is 5.96. The van der Waals surface area contributed by atoms with Crippen LogP contribution in [0.5, 0.6) is 0 Å². The molecule has 0 saturated carbocycles. The van der Waals surface area contributed by atoms with Gasteiger partial charge in [-0.25, -0.2) is 4.39 Å². The molecule has 0 aliphatic rings. The number of thioether (sulfide) groups is 1. The van der Waals surface area contributed by atoms with Gasteiger partial charge < -0.3 is 10.6 Å². The van der Waals surface area contributed by atoms with E-state index in [1.165, 1.54) is 23.9 Å². The predicted molar refractivity (Wildman–Crippen MR) is 73.4 cm³/mol. The zero-order valence-corrected chi connectivity index (χ0v) is 11.7. The third-order valence-corrected chi connectivity index (χ3v) is 3.09. The molecule has 19 heavy (non-hydrogen) atoms. The van der Waals surface area contributed by atoms with Gasteiger partial charge in [0.15, 0.2) is 0 Å². The summed E-state index contributed by atoms with van der Waals surface area (Å²) in [5.41, 5.74) is 0. The van der Waals surface area contributed by atoms with E-state index >= 15 is 0 Å². The maximum atomic E-state index is 12.7. The maximum Gasteiger partial charge on any atom is 0.239 e. The van der Waals surface area contributed by atoms with Gasteiger partial charge in [0.1, 0.15) is 5.82 Å². The summed E-state index contributed by atoms with van der Waals surface area (Å²) >= 11 is 1.29. The van der Waals surface area contributed by atoms with Crippen molar-refractivity contribution in [1.82, 2.24) is 10.6 Å². The zero-order chi connectivity index (χ0) is 14.3. The molecule has 0 radical (unpaired) electrons. The summed E-state index contributed by atoms with van der Waals surface area (Å²) in [7, 11) is 0. The highest BCUT2D eigenvalue weighted by Gasteiger charge is 2.07. The van der Waals surface area contributed by atoms with Crippen LogP contribution in [0.4, 0.5) is 4.39 Å². The van der Waals surface area contributed by atoms with E-state index in [1.807, 2.05) is 13.8 Å². The number of halogens is 1. The quantitative estimate of drug-likeness (QED) is 0.779. The molecular formula is C13H17FN2O2S. The molecule has 0 aliphatic carbocycles. The Balaban J connectivity index is 2.24. The molecule has 104 valence electrons. The molecule has 4 nitrogen and oxygen atoms in total. The van der Waals surface area contributed by atoms with Gasteiger partial charge in [-0.2, -0.15) is 0 Å². The summed E-state index contributed by atoms with van der Waals surface area (Å²) in [4.78, 5) is 23.6. The van der Waals surface area contributed by atoms with Crippen molar-refractivity contribution < 1.29 is 14.0 Å². The highest BCUT2D eigenvalue weighted by atomic mass is 32.2. The molecule has 1 rings (SSSR count). The lowest BCUT2D eigenvalue weighted by Gasteiger charge is -2.09. The number of carbonyl (C=O) groups excluding carboxylic acids is 2. The van der Waals surface area contributed by atoms with Crippen molar-refractivity contribution in [2.45, 2.75) is 24.8 Å². The lowest BCUT2D eigenvalue weighted by Crippen LogP contribution is -2.40. The van der Waals surface area contributed by atoms with E-state index in [-0.39, 0.29) is 36.0 Å². The number of carbonyl (C=O) groups is 2. The molecule has 0 fully saturated rings. The molecule has 0 unspecified atom stereocenters. The summed E-state index contributed by atoms with van der Waals surface area (Å²) in [5.74, 6) is -0.553. The molecule has 1 aromatic carbocycles. The van der Waals surface area contributed by atoms with Crippen molar-refractivity contribution in [3.05, 3.63) is 30.1 Å². The van der Waals surface area contributed by atoms with E-state index in [2.05, 4.69) is 10.6 Å². The first-order valence-corrected chi connectivity index (χ1v) is 6.90. The molecule has 6 heteroatoms. The largest absolute Gasteiger partial charge is 0.352 e. The SMILES string of the molecule is CC(C)NC(=O)CNC(=O)CSc1ccc(F)cc1. The van der Waals surface area contributed by atoms with Crippen molar-refractivity contribution in [3.8, 4) is 0 Å². The second-order valence-corrected chi connectivity index (χ2v) is 5.29. The van der Waals surface area contributed by atoms with E-state index in [0.29, 0.717) is 0 Å². The Hall–Kier alpha value is -1.56. The molecule has 0 aromatic heterocycles. The Labute approximate surface area is 116 Å². The smallest absolute Gasteiger partial charge is 0.239 e. The lowest BCUT2D eigenvalue weighted by atomic mass is 10.4. The molecule has 2 N–H and O–H groups in total. The number of hydrogen-bond donors (Lipinski definition) is 2.